The van der Waals surface area contributed by atoms with Crippen LogP contribution in [0.3, 0.4) is 0 Å². The third-order valence-electron chi connectivity index (χ3n) is 4.02. The minimum Gasteiger partial charge on any atom is -0.497 e. The van der Waals surface area contributed by atoms with Crippen molar-refractivity contribution in [2.24, 2.45) is 11.7 Å². The van der Waals surface area contributed by atoms with Crippen molar-refractivity contribution < 1.29 is 19.0 Å². The van der Waals surface area contributed by atoms with Crippen LogP contribution in [0, 0.1) is 5.92 Å². The Morgan fingerprint density at radius 3 is 2.78 bits per heavy atom. The standard InChI is InChI=1S/C17H26N2O4/c1-12(23-15-5-3-4-14(10-15)21-2)11-19-17(20)16(18)13-6-8-22-9-7-13/h3-5,10,12-13,16H,6-9,11,18H2,1-2H3,(H,19,20). The average Bonchev–Trinajstić information content (AvgIpc) is 2.60. The molecule has 1 aromatic rings. The van der Waals surface area contributed by atoms with Gasteiger partial charge in [0.1, 0.15) is 17.6 Å². The van der Waals surface area contributed by atoms with E-state index < -0.39 is 6.04 Å². The third kappa shape index (κ3) is 5.41. The van der Waals surface area contributed by atoms with Crippen LogP contribution in [0.2, 0.25) is 0 Å². The van der Waals surface area contributed by atoms with Crippen LogP contribution >= 0.6 is 0 Å². The monoisotopic (exact) mass is 322 g/mol. The fraction of sp³-hybridized carbons (Fsp3) is 0.588. The molecule has 6 heteroatoms. The minimum atomic E-state index is -0.483. The Kier molecular flexibility index (Phi) is 6.67. The van der Waals surface area contributed by atoms with Gasteiger partial charge in [-0.1, -0.05) is 6.07 Å². The molecule has 128 valence electrons. The first-order chi connectivity index (χ1) is 11.1. The molecule has 23 heavy (non-hydrogen) atoms. The lowest BCUT2D eigenvalue weighted by molar-refractivity contribution is -0.124. The van der Waals surface area contributed by atoms with E-state index in [1.165, 1.54) is 0 Å². The second-order valence-electron chi connectivity index (χ2n) is 5.83. The number of hydrogen-bond acceptors (Lipinski definition) is 5. The molecule has 0 radical (unpaired) electrons. The number of nitrogens with one attached hydrogen (secondary N) is 1. The van der Waals surface area contributed by atoms with E-state index in [1.807, 2.05) is 31.2 Å². The molecular formula is C17H26N2O4. The first-order valence-corrected chi connectivity index (χ1v) is 8.02. The SMILES string of the molecule is COc1cccc(OC(C)CNC(=O)C(N)C2CCOCC2)c1. The average molecular weight is 322 g/mol. The fourth-order valence-electron chi connectivity index (χ4n) is 2.60. The molecule has 1 saturated heterocycles. The van der Waals surface area contributed by atoms with E-state index in [2.05, 4.69) is 5.32 Å². The van der Waals surface area contributed by atoms with Gasteiger partial charge in [-0.3, -0.25) is 4.79 Å². The molecule has 1 aliphatic rings. The van der Waals surface area contributed by atoms with Gasteiger partial charge in [0.05, 0.1) is 19.7 Å². The topological polar surface area (TPSA) is 82.8 Å². The summed E-state index contributed by atoms with van der Waals surface area (Å²) >= 11 is 0. The van der Waals surface area contributed by atoms with Gasteiger partial charge in [0.2, 0.25) is 5.91 Å². The lowest BCUT2D eigenvalue weighted by Gasteiger charge is -2.27. The van der Waals surface area contributed by atoms with Crippen LogP contribution in [0.1, 0.15) is 19.8 Å². The van der Waals surface area contributed by atoms with Crippen LogP contribution < -0.4 is 20.5 Å². The van der Waals surface area contributed by atoms with Gasteiger partial charge in [-0.05, 0) is 37.8 Å². The van der Waals surface area contributed by atoms with Crippen molar-refractivity contribution in [2.75, 3.05) is 26.9 Å². The third-order valence-corrected chi connectivity index (χ3v) is 4.02. The number of amides is 1. The molecule has 1 aliphatic heterocycles. The van der Waals surface area contributed by atoms with E-state index in [0.29, 0.717) is 25.5 Å². The van der Waals surface area contributed by atoms with Crippen molar-refractivity contribution in [1.82, 2.24) is 5.32 Å². The summed E-state index contributed by atoms with van der Waals surface area (Å²) in [5, 5.41) is 2.87. The molecule has 0 aromatic heterocycles. The molecule has 0 spiro atoms. The zero-order chi connectivity index (χ0) is 16.7. The van der Waals surface area contributed by atoms with Gasteiger partial charge in [-0.15, -0.1) is 0 Å². The smallest absolute Gasteiger partial charge is 0.237 e. The molecule has 2 atom stereocenters. The van der Waals surface area contributed by atoms with E-state index in [9.17, 15) is 4.79 Å². The van der Waals surface area contributed by atoms with Crippen molar-refractivity contribution >= 4 is 5.91 Å². The summed E-state index contributed by atoms with van der Waals surface area (Å²) in [6.45, 7) is 3.68. The Bertz CT molecular complexity index is 503. The summed E-state index contributed by atoms with van der Waals surface area (Å²) in [6, 6.07) is 6.90. The Labute approximate surface area is 137 Å². The maximum atomic E-state index is 12.1. The molecule has 0 saturated carbocycles. The van der Waals surface area contributed by atoms with Gasteiger partial charge in [-0.25, -0.2) is 0 Å². The molecule has 0 bridgehead atoms. The van der Waals surface area contributed by atoms with Gasteiger partial charge in [-0.2, -0.15) is 0 Å². The lowest BCUT2D eigenvalue weighted by atomic mass is 9.92. The number of carbonyl (C=O) groups excluding carboxylic acids is 1. The number of carbonyl (C=O) groups is 1. The number of nitrogens with two attached hydrogens (primary N) is 1. The quantitative estimate of drug-likeness (QED) is 0.791. The molecule has 1 fully saturated rings. The summed E-state index contributed by atoms with van der Waals surface area (Å²) in [6.07, 6.45) is 1.52. The Hall–Kier alpha value is -1.79. The normalized spacial score (nSPS) is 18.0. The van der Waals surface area contributed by atoms with Crippen LogP contribution in [-0.4, -0.2) is 44.9 Å². The Morgan fingerprint density at radius 2 is 2.09 bits per heavy atom. The van der Waals surface area contributed by atoms with E-state index in [1.54, 1.807) is 7.11 Å². The second-order valence-corrected chi connectivity index (χ2v) is 5.83. The van der Waals surface area contributed by atoms with Crippen LogP contribution in [0.25, 0.3) is 0 Å². The highest BCUT2D eigenvalue weighted by atomic mass is 16.5. The van der Waals surface area contributed by atoms with E-state index in [-0.39, 0.29) is 17.9 Å². The van der Waals surface area contributed by atoms with Gasteiger partial charge < -0.3 is 25.3 Å². The molecule has 1 amide bonds. The first kappa shape index (κ1) is 17.6. The molecule has 6 nitrogen and oxygen atoms in total. The highest BCUT2D eigenvalue weighted by Crippen LogP contribution is 2.20. The highest BCUT2D eigenvalue weighted by Gasteiger charge is 2.26. The Balaban J connectivity index is 1.76. The molecule has 2 rings (SSSR count). The summed E-state index contributed by atoms with van der Waals surface area (Å²) in [4.78, 5) is 12.1. The van der Waals surface area contributed by atoms with Crippen molar-refractivity contribution in [2.45, 2.75) is 31.9 Å². The van der Waals surface area contributed by atoms with Crippen molar-refractivity contribution in [3.63, 3.8) is 0 Å². The fourth-order valence-corrected chi connectivity index (χ4v) is 2.60. The van der Waals surface area contributed by atoms with Crippen LogP contribution in [0.15, 0.2) is 24.3 Å². The van der Waals surface area contributed by atoms with E-state index >= 15 is 0 Å². The molecule has 1 heterocycles. The van der Waals surface area contributed by atoms with Crippen molar-refractivity contribution in [3.05, 3.63) is 24.3 Å². The van der Waals surface area contributed by atoms with Crippen LogP contribution in [0.5, 0.6) is 11.5 Å². The van der Waals surface area contributed by atoms with Gasteiger partial charge in [0.25, 0.3) is 0 Å². The second kappa shape index (κ2) is 8.74. The van der Waals surface area contributed by atoms with E-state index in [4.69, 9.17) is 19.9 Å². The summed E-state index contributed by atoms with van der Waals surface area (Å²) in [5.41, 5.74) is 6.04. The van der Waals surface area contributed by atoms with Crippen molar-refractivity contribution in [1.29, 1.82) is 0 Å². The summed E-state index contributed by atoms with van der Waals surface area (Å²) in [5.74, 6) is 1.51. The van der Waals surface area contributed by atoms with Gasteiger partial charge >= 0.3 is 0 Å². The highest BCUT2D eigenvalue weighted by molar-refractivity contribution is 5.81. The number of rotatable bonds is 7. The zero-order valence-electron chi connectivity index (χ0n) is 13.8. The van der Waals surface area contributed by atoms with Gasteiger partial charge in [0, 0.05) is 19.3 Å². The first-order valence-electron chi connectivity index (χ1n) is 8.02. The van der Waals surface area contributed by atoms with Crippen LogP contribution in [0.4, 0.5) is 0 Å². The number of benzene rings is 1. The van der Waals surface area contributed by atoms with Crippen molar-refractivity contribution in [3.8, 4) is 11.5 Å². The largest absolute Gasteiger partial charge is 0.497 e. The molecule has 0 aliphatic carbocycles. The summed E-state index contributed by atoms with van der Waals surface area (Å²) in [7, 11) is 1.61. The molecule has 2 unspecified atom stereocenters. The van der Waals surface area contributed by atoms with Crippen LogP contribution in [-0.2, 0) is 9.53 Å². The lowest BCUT2D eigenvalue weighted by Crippen LogP contribution is -2.48. The number of ether oxygens (including phenoxy) is 3. The Morgan fingerprint density at radius 1 is 1.39 bits per heavy atom. The van der Waals surface area contributed by atoms with Gasteiger partial charge in [0.15, 0.2) is 0 Å². The maximum absolute atomic E-state index is 12.1. The summed E-state index contributed by atoms with van der Waals surface area (Å²) < 4.78 is 16.2. The number of hydrogen-bond donors (Lipinski definition) is 2. The predicted octanol–water partition coefficient (Wildman–Crippen LogP) is 1.33. The molecule has 1 aromatic carbocycles. The predicted molar refractivity (Wildman–Crippen MR) is 87.6 cm³/mol. The molecular weight excluding hydrogens is 296 g/mol. The zero-order valence-corrected chi connectivity index (χ0v) is 13.8. The van der Waals surface area contributed by atoms with E-state index in [0.717, 1.165) is 18.6 Å². The minimum absolute atomic E-state index is 0.127. The maximum Gasteiger partial charge on any atom is 0.237 e. The number of methoxy groups -OCH3 is 1. The molecule has 3 N–H and O–H groups in total.